The predicted octanol–water partition coefficient (Wildman–Crippen LogP) is 5.91. The van der Waals surface area contributed by atoms with Crippen molar-refractivity contribution in [3.63, 3.8) is 0 Å². The largest absolute Gasteiger partial charge is 0.444 e. The summed E-state index contributed by atoms with van der Waals surface area (Å²) in [5, 5.41) is 18.2. The molecule has 2 aromatic carbocycles. The van der Waals surface area contributed by atoms with E-state index in [0.29, 0.717) is 34.9 Å². The van der Waals surface area contributed by atoms with Gasteiger partial charge >= 0.3 is 6.09 Å². The van der Waals surface area contributed by atoms with Crippen molar-refractivity contribution in [3.05, 3.63) is 77.1 Å². The Labute approximate surface area is 243 Å². The van der Waals surface area contributed by atoms with Gasteiger partial charge in [0, 0.05) is 29.1 Å². The molecule has 0 saturated carbocycles. The maximum atomic E-state index is 14.2. The summed E-state index contributed by atoms with van der Waals surface area (Å²) in [6.07, 6.45) is -0.743. The first kappa shape index (κ1) is 30.5. The first-order chi connectivity index (χ1) is 19.6. The number of anilines is 1. The monoisotopic (exact) mass is 575 g/mol. The fourth-order valence-electron chi connectivity index (χ4n) is 4.59. The number of carbonyl (C=O) groups excluding carboxylic acids is 1. The summed E-state index contributed by atoms with van der Waals surface area (Å²) < 4.78 is 35.7. The van der Waals surface area contributed by atoms with Gasteiger partial charge in [0.05, 0.1) is 17.3 Å². The summed E-state index contributed by atoms with van der Waals surface area (Å²) in [6, 6.07) is 11.4. The van der Waals surface area contributed by atoms with Crippen molar-refractivity contribution in [2.75, 3.05) is 5.73 Å². The van der Waals surface area contributed by atoms with E-state index < -0.39 is 35.0 Å². The van der Waals surface area contributed by atoms with Crippen molar-refractivity contribution < 1.29 is 23.4 Å². The number of hydrogen-bond donors (Lipinski definition) is 3. The van der Waals surface area contributed by atoms with Crippen LogP contribution in [0.4, 0.5) is 19.4 Å². The molecule has 2 aromatic heterocycles. The molecule has 4 rings (SSSR count). The molecular formula is C32H35F2N5O3. The van der Waals surface area contributed by atoms with Crippen molar-refractivity contribution in [3.8, 4) is 23.0 Å². The lowest BCUT2D eigenvalue weighted by atomic mass is 9.94. The number of nitrogens with two attached hydrogens (primary N) is 1. The lowest BCUT2D eigenvalue weighted by molar-refractivity contribution is 0.0502. The summed E-state index contributed by atoms with van der Waals surface area (Å²) in [5.41, 5.74) is 7.29. The quantitative estimate of drug-likeness (QED) is 0.246. The maximum absolute atomic E-state index is 14.2. The fourth-order valence-corrected chi connectivity index (χ4v) is 4.59. The lowest BCUT2D eigenvalue weighted by Crippen LogP contribution is -2.36. The van der Waals surface area contributed by atoms with Crippen LogP contribution in [0.15, 0.2) is 48.5 Å². The third-order valence-electron chi connectivity index (χ3n) is 6.19. The molecule has 0 saturated heterocycles. The molecule has 220 valence electrons. The number of aliphatic hydroxyl groups is 1. The number of nitrogens with zero attached hydrogens (tertiary/aromatic N) is 3. The topological polar surface area (TPSA) is 115 Å². The lowest BCUT2D eigenvalue weighted by Gasteiger charge is -2.25. The van der Waals surface area contributed by atoms with Crippen molar-refractivity contribution in [2.45, 2.75) is 71.8 Å². The van der Waals surface area contributed by atoms with Crippen LogP contribution in [-0.4, -0.2) is 37.2 Å². The van der Waals surface area contributed by atoms with Gasteiger partial charge in [-0.2, -0.15) is 5.10 Å². The second-order valence-electron chi connectivity index (χ2n) is 11.5. The number of para-hydroxylation sites is 1. The Morgan fingerprint density at radius 3 is 2.40 bits per heavy atom. The summed E-state index contributed by atoms with van der Waals surface area (Å²) >= 11 is 0. The summed E-state index contributed by atoms with van der Waals surface area (Å²) in [6.45, 7) is 10.8. The average molecular weight is 576 g/mol. The smallest absolute Gasteiger partial charge is 0.408 e. The highest BCUT2D eigenvalue weighted by Gasteiger charge is 2.26. The number of halogens is 2. The average Bonchev–Trinajstić information content (AvgIpc) is 3.21. The summed E-state index contributed by atoms with van der Waals surface area (Å²) in [4.78, 5) is 17.9. The second kappa shape index (κ2) is 11.8. The fraction of sp³-hybridized carbons (Fsp3) is 0.344. The Hall–Kier alpha value is -4.49. The molecule has 0 spiro atoms. The highest BCUT2D eigenvalue weighted by molar-refractivity contribution is 6.00. The molecule has 10 heteroatoms. The van der Waals surface area contributed by atoms with Gasteiger partial charge in [0.2, 0.25) is 0 Å². The van der Waals surface area contributed by atoms with Crippen LogP contribution >= 0.6 is 0 Å². The molecule has 8 nitrogen and oxygen atoms in total. The van der Waals surface area contributed by atoms with Crippen LogP contribution in [0.3, 0.4) is 0 Å². The van der Waals surface area contributed by atoms with E-state index in [4.69, 9.17) is 15.5 Å². The second-order valence-corrected chi connectivity index (χ2v) is 11.5. The predicted molar refractivity (Wildman–Crippen MR) is 158 cm³/mol. The van der Waals surface area contributed by atoms with E-state index in [1.807, 2.05) is 31.2 Å². The van der Waals surface area contributed by atoms with Gasteiger partial charge in [-0.25, -0.2) is 18.6 Å². The van der Waals surface area contributed by atoms with Crippen LogP contribution in [0.25, 0.3) is 22.0 Å². The van der Waals surface area contributed by atoms with Crippen LogP contribution in [0.1, 0.15) is 64.5 Å². The molecule has 1 amide bonds. The highest BCUT2D eigenvalue weighted by Crippen LogP contribution is 2.36. The number of hydrogen-bond acceptors (Lipinski definition) is 6. The Balaban J connectivity index is 1.97. The number of ether oxygens (including phenoxy) is 1. The minimum Gasteiger partial charge on any atom is -0.444 e. The van der Waals surface area contributed by atoms with Gasteiger partial charge in [-0.05, 0) is 89.8 Å². The number of aryl methyl sites for hydroxylation is 1. The van der Waals surface area contributed by atoms with Gasteiger partial charge < -0.3 is 20.9 Å². The van der Waals surface area contributed by atoms with Gasteiger partial charge in [-0.1, -0.05) is 18.1 Å². The van der Waals surface area contributed by atoms with Gasteiger partial charge in [-0.3, -0.25) is 4.68 Å². The number of rotatable bonds is 6. The SMILES string of the molecule is CCn1nc(N)c2cccc(-c3ccc(C#CC(C)(C)O)nc3[C@H](Cc3cc(F)cc(F)c3)NC(=O)OC(C)(C)C)c21. The van der Waals surface area contributed by atoms with Gasteiger partial charge in [0.25, 0.3) is 0 Å². The first-order valence-electron chi connectivity index (χ1n) is 13.6. The van der Waals surface area contributed by atoms with E-state index in [-0.39, 0.29) is 6.42 Å². The molecule has 0 unspecified atom stereocenters. The number of pyridine rings is 1. The zero-order valence-corrected chi connectivity index (χ0v) is 24.5. The van der Waals surface area contributed by atoms with Gasteiger partial charge in [0.15, 0.2) is 5.82 Å². The van der Waals surface area contributed by atoms with Gasteiger partial charge in [0.1, 0.15) is 28.5 Å². The third kappa shape index (κ3) is 7.42. The molecule has 0 bridgehead atoms. The number of nitrogen functional groups attached to an aromatic ring is 1. The molecule has 0 aliphatic heterocycles. The number of fused-ring (bicyclic) bond motifs is 1. The van der Waals surface area contributed by atoms with E-state index in [1.165, 1.54) is 12.1 Å². The van der Waals surface area contributed by atoms with E-state index in [9.17, 15) is 18.7 Å². The summed E-state index contributed by atoms with van der Waals surface area (Å²) in [7, 11) is 0. The zero-order valence-electron chi connectivity index (χ0n) is 24.5. The van der Waals surface area contributed by atoms with E-state index >= 15 is 0 Å². The standard InChI is InChI=1S/C32H35F2N5O3/c1-7-39-28-24(9-8-10-25(28)29(35)38-39)23-12-11-22(13-14-32(5,6)41)36-27(23)26(37-30(40)42-31(2,3)4)17-19-15-20(33)18-21(34)16-19/h8-12,15-16,18,26,41H,7,17H2,1-6H3,(H2,35,38)(H,37,40)/t26-/m0/s1. The number of nitrogens with one attached hydrogen (secondary N) is 1. The van der Waals surface area contributed by atoms with Crippen molar-refractivity contribution in [2.24, 2.45) is 0 Å². The maximum Gasteiger partial charge on any atom is 0.408 e. The van der Waals surface area contributed by atoms with E-state index in [0.717, 1.165) is 22.5 Å². The first-order valence-corrected chi connectivity index (χ1v) is 13.6. The molecule has 4 aromatic rings. The van der Waals surface area contributed by atoms with Gasteiger partial charge in [-0.15, -0.1) is 0 Å². The minimum absolute atomic E-state index is 0.0124. The van der Waals surface area contributed by atoms with Crippen LogP contribution < -0.4 is 11.1 Å². The Morgan fingerprint density at radius 1 is 1.10 bits per heavy atom. The molecule has 4 N–H and O–H groups in total. The number of amides is 1. The van der Waals surface area contributed by atoms with Crippen molar-refractivity contribution >= 4 is 22.8 Å². The zero-order chi connectivity index (χ0) is 30.8. The Bertz CT molecular complexity index is 1670. The van der Waals surface area contributed by atoms with Crippen LogP contribution in [-0.2, 0) is 17.7 Å². The molecule has 0 radical (unpaired) electrons. The van der Waals surface area contributed by atoms with Crippen molar-refractivity contribution in [1.82, 2.24) is 20.1 Å². The van der Waals surface area contributed by atoms with Crippen LogP contribution in [0.5, 0.6) is 0 Å². The van der Waals surface area contributed by atoms with Crippen molar-refractivity contribution in [1.29, 1.82) is 0 Å². The molecule has 42 heavy (non-hydrogen) atoms. The molecule has 0 fully saturated rings. The number of carbonyl (C=O) groups is 1. The minimum atomic E-state index is -1.27. The van der Waals surface area contributed by atoms with Crippen LogP contribution in [0, 0.1) is 23.5 Å². The van der Waals surface area contributed by atoms with E-state index in [1.54, 1.807) is 45.4 Å². The van der Waals surface area contributed by atoms with Crippen LogP contribution in [0.2, 0.25) is 0 Å². The normalized spacial score (nSPS) is 12.5. The Kier molecular flexibility index (Phi) is 8.55. The molecular weight excluding hydrogens is 540 g/mol. The molecule has 0 aliphatic carbocycles. The number of benzene rings is 2. The number of alkyl carbamates (subject to hydrolysis) is 1. The molecule has 1 atom stereocenters. The third-order valence-corrected chi connectivity index (χ3v) is 6.19. The summed E-state index contributed by atoms with van der Waals surface area (Å²) in [5.74, 6) is 4.52. The molecule has 2 heterocycles. The van der Waals surface area contributed by atoms with E-state index in [2.05, 4.69) is 22.3 Å². The number of aromatic nitrogens is 3. The highest BCUT2D eigenvalue weighted by atomic mass is 19.1. The molecule has 0 aliphatic rings. The Morgan fingerprint density at radius 2 is 1.79 bits per heavy atom.